The summed E-state index contributed by atoms with van der Waals surface area (Å²) in [4.78, 5) is 4.37. The van der Waals surface area contributed by atoms with Gasteiger partial charge >= 0.3 is 0 Å². The highest BCUT2D eigenvalue weighted by molar-refractivity contribution is 5.48. The van der Waals surface area contributed by atoms with Gasteiger partial charge in [0, 0.05) is 11.3 Å². The monoisotopic (exact) mass is 216 g/mol. The molecule has 1 aliphatic rings. The quantitative estimate of drug-likeness (QED) is 0.677. The van der Waals surface area contributed by atoms with Crippen LogP contribution < -0.4 is 0 Å². The van der Waals surface area contributed by atoms with E-state index in [1.165, 1.54) is 0 Å². The van der Waals surface area contributed by atoms with E-state index in [1.54, 1.807) is 0 Å². The number of nitrogens with zero attached hydrogens (tertiary/aromatic N) is 2. The smallest absolute Gasteiger partial charge is 0.101 e. The Morgan fingerprint density at radius 3 is 2.75 bits per heavy atom. The van der Waals surface area contributed by atoms with Crippen LogP contribution >= 0.6 is 0 Å². The Hall–Kier alpha value is -1.40. The molecule has 0 aromatic carbocycles. The lowest BCUT2D eigenvalue weighted by Gasteiger charge is -2.16. The first-order valence-electron chi connectivity index (χ1n) is 5.73. The van der Waals surface area contributed by atoms with Crippen LogP contribution in [0.3, 0.4) is 0 Å². The maximum absolute atomic E-state index is 10.1. The Labute approximate surface area is 95.8 Å². The van der Waals surface area contributed by atoms with Gasteiger partial charge in [0.1, 0.15) is 6.07 Å². The van der Waals surface area contributed by atoms with Crippen LogP contribution in [0, 0.1) is 25.2 Å². The topological polar surface area (TPSA) is 56.9 Å². The van der Waals surface area contributed by atoms with Gasteiger partial charge in [0.05, 0.1) is 17.4 Å². The Bertz CT molecular complexity index is 460. The molecule has 16 heavy (non-hydrogen) atoms. The summed E-state index contributed by atoms with van der Waals surface area (Å²) in [5.41, 5.74) is 4.26. The van der Waals surface area contributed by atoms with Crippen LogP contribution in [0.15, 0.2) is 0 Å². The molecule has 1 atom stereocenters. The average Bonchev–Trinajstić information content (AvgIpc) is 2.41. The summed E-state index contributed by atoms with van der Waals surface area (Å²) in [5.74, 6) is 0. The van der Waals surface area contributed by atoms with E-state index in [0.717, 1.165) is 48.2 Å². The van der Waals surface area contributed by atoms with Crippen molar-refractivity contribution < 1.29 is 5.11 Å². The van der Waals surface area contributed by atoms with Gasteiger partial charge in [-0.3, -0.25) is 4.98 Å². The molecule has 1 aromatic rings. The second kappa shape index (κ2) is 4.23. The van der Waals surface area contributed by atoms with Crippen molar-refractivity contribution >= 4 is 0 Å². The van der Waals surface area contributed by atoms with Crippen molar-refractivity contribution in [3.05, 3.63) is 28.1 Å². The Balaban J connectivity index is 2.69. The molecule has 3 nitrogen and oxygen atoms in total. The van der Waals surface area contributed by atoms with Crippen LogP contribution in [-0.4, -0.2) is 10.1 Å². The maximum Gasteiger partial charge on any atom is 0.101 e. The highest BCUT2D eigenvalue weighted by atomic mass is 16.3. The minimum absolute atomic E-state index is 0.447. The second-order valence-electron chi connectivity index (χ2n) is 4.42. The van der Waals surface area contributed by atoms with Gasteiger partial charge in [-0.1, -0.05) is 6.42 Å². The number of pyridine rings is 1. The minimum atomic E-state index is -0.447. The molecule has 1 aromatic heterocycles. The third-order valence-corrected chi connectivity index (χ3v) is 3.31. The molecule has 0 fully saturated rings. The summed E-state index contributed by atoms with van der Waals surface area (Å²) >= 11 is 0. The predicted molar refractivity (Wildman–Crippen MR) is 60.9 cm³/mol. The zero-order valence-electron chi connectivity index (χ0n) is 9.75. The first kappa shape index (κ1) is 11.1. The standard InChI is InChI=1S/C13H16N2O/c1-8-11(7-14)10-5-3-4-6-12(16)13(10)9(2)15-8/h12,16H,3-6H2,1-2H3. The lowest BCUT2D eigenvalue weighted by atomic mass is 9.94. The van der Waals surface area contributed by atoms with Gasteiger partial charge in [-0.25, -0.2) is 0 Å². The fourth-order valence-electron chi connectivity index (χ4n) is 2.57. The summed E-state index contributed by atoms with van der Waals surface area (Å²) < 4.78 is 0. The first-order chi connectivity index (χ1) is 7.65. The SMILES string of the molecule is Cc1nc(C)c2c(c1C#N)CCCCC2O. The number of aryl methyl sites for hydroxylation is 2. The van der Waals surface area contributed by atoms with Crippen molar-refractivity contribution in [3.63, 3.8) is 0 Å². The number of aliphatic hydroxyl groups excluding tert-OH is 1. The molecule has 1 unspecified atom stereocenters. The number of hydrogen-bond acceptors (Lipinski definition) is 3. The van der Waals surface area contributed by atoms with Crippen LogP contribution in [0.2, 0.25) is 0 Å². The third-order valence-electron chi connectivity index (χ3n) is 3.31. The molecule has 2 rings (SSSR count). The van der Waals surface area contributed by atoms with Gasteiger partial charge in [-0.15, -0.1) is 0 Å². The normalized spacial score (nSPS) is 19.8. The van der Waals surface area contributed by atoms with E-state index in [-0.39, 0.29) is 0 Å². The fourth-order valence-corrected chi connectivity index (χ4v) is 2.57. The van der Waals surface area contributed by atoms with Crippen molar-refractivity contribution in [2.45, 2.75) is 45.6 Å². The van der Waals surface area contributed by atoms with E-state index in [0.29, 0.717) is 5.56 Å². The van der Waals surface area contributed by atoms with Crippen LogP contribution in [0.5, 0.6) is 0 Å². The number of rotatable bonds is 0. The van der Waals surface area contributed by atoms with Crippen LogP contribution in [0.25, 0.3) is 0 Å². The van der Waals surface area contributed by atoms with Crippen LogP contribution in [-0.2, 0) is 6.42 Å². The number of aromatic nitrogens is 1. The third kappa shape index (κ3) is 1.70. The van der Waals surface area contributed by atoms with Crippen molar-refractivity contribution in [2.75, 3.05) is 0 Å². The van der Waals surface area contributed by atoms with Gasteiger partial charge in [-0.2, -0.15) is 5.26 Å². The Morgan fingerprint density at radius 2 is 2.06 bits per heavy atom. The largest absolute Gasteiger partial charge is 0.388 e. The molecule has 0 spiro atoms. The second-order valence-corrected chi connectivity index (χ2v) is 4.42. The highest BCUT2D eigenvalue weighted by Gasteiger charge is 2.23. The lowest BCUT2D eigenvalue weighted by molar-refractivity contribution is 0.165. The molecule has 0 amide bonds. The van der Waals surface area contributed by atoms with Crippen molar-refractivity contribution in [1.82, 2.24) is 4.98 Å². The molecule has 0 bridgehead atoms. The maximum atomic E-state index is 10.1. The van der Waals surface area contributed by atoms with Gasteiger partial charge < -0.3 is 5.11 Å². The molecule has 84 valence electrons. The average molecular weight is 216 g/mol. The highest BCUT2D eigenvalue weighted by Crippen LogP contribution is 2.33. The molecule has 1 aliphatic carbocycles. The van der Waals surface area contributed by atoms with E-state index in [1.807, 2.05) is 13.8 Å². The molecular formula is C13H16N2O. The summed E-state index contributed by atoms with van der Waals surface area (Å²) in [7, 11) is 0. The summed E-state index contributed by atoms with van der Waals surface area (Å²) in [6.45, 7) is 3.78. The zero-order valence-corrected chi connectivity index (χ0v) is 9.75. The van der Waals surface area contributed by atoms with Crippen molar-refractivity contribution in [2.24, 2.45) is 0 Å². The van der Waals surface area contributed by atoms with Crippen molar-refractivity contribution in [1.29, 1.82) is 5.26 Å². The number of hydrogen-bond donors (Lipinski definition) is 1. The molecule has 1 heterocycles. The Morgan fingerprint density at radius 1 is 1.31 bits per heavy atom. The van der Waals surface area contributed by atoms with Gasteiger partial charge in [0.25, 0.3) is 0 Å². The van der Waals surface area contributed by atoms with E-state index in [2.05, 4.69) is 11.1 Å². The first-order valence-corrected chi connectivity index (χ1v) is 5.73. The zero-order chi connectivity index (χ0) is 11.7. The fraction of sp³-hybridized carbons (Fsp3) is 0.538. The minimum Gasteiger partial charge on any atom is -0.388 e. The number of fused-ring (bicyclic) bond motifs is 1. The molecule has 0 saturated carbocycles. The lowest BCUT2D eigenvalue weighted by Crippen LogP contribution is -2.08. The van der Waals surface area contributed by atoms with E-state index in [4.69, 9.17) is 0 Å². The summed E-state index contributed by atoms with van der Waals surface area (Å²) in [6.07, 6.45) is 3.28. The predicted octanol–water partition coefficient (Wildman–Crippen LogP) is 2.33. The molecule has 0 saturated heterocycles. The summed E-state index contributed by atoms with van der Waals surface area (Å²) in [5, 5.41) is 19.3. The van der Waals surface area contributed by atoms with Crippen LogP contribution in [0.4, 0.5) is 0 Å². The van der Waals surface area contributed by atoms with Crippen LogP contribution in [0.1, 0.15) is 53.4 Å². The van der Waals surface area contributed by atoms with E-state index in [9.17, 15) is 10.4 Å². The van der Waals surface area contributed by atoms with Crippen molar-refractivity contribution in [3.8, 4) is 6.07 Å². The molecule has 0 radical (unpaired) electrons. The van der Waals surface area contributed by atoms with E-state index < -0.39 is 6.10 Å². The molecular weight excluding hydrogens is 200 g/mol. The Kier molecular flexibility index (Phi) is 2.93. The summed E-state index contributed by atoms with van der Waals surface area (Å²) in [6, 6.07) is 2.23. The van der Waals surface area contributed by atoms with Gasteiger partial charge in [0.2, 0.25) is 0 Å². The van der Waals surface area contributed by atoms with Gasteiger partial charge in [-0.05, 0) is 38.7 Å². The molecule has 0 aliphatic heterocycles. The molecule has 3 heteroatoms. The van der Waals surface area contributed by atoms with Gasteiger partial charge in [0.15, 0.2) is 0 Å². The number of aliphatic hydroxyl groups is 1. The van der Waals surface area contributed by atoms with E-state index >= 15 is 0 Å². The number of nitriles is 1. The molecule has 1 N–H and O–H groups in total.